The average Bonchev–Trinajstić information content (AvgIpc) is 3.49. The third-order valence-corrected chi connectivity index (χ3v) is 6.97. The zero-order valence-corrected chi connectivity index (χ0v) is 19.8. The molecule has 0 unspecified atom stereocenters. The summed E-state index contributed by atoms with van der Waals surface area (Å²) in [5.41, 5.74) is 3.98. The predicted octanol–water partition coefficient (Wildman–Crippen LogP) is 5.13. The number of benzene rings is 1. The van der Waals surface area contributed by atoms with E-state index in [1.807, 2.05) is 24.0 Å². The zero-order chi connectivity index (χ0) is 23.1. The number of nitrogens with zero attached hydrogens (tertiary/aromatic N) is 4. The number of allylic oxidation sites excluding steroid dienone is 3. The van der Waals surface area contributed by atoms with E-state index in [9.17, 15) is 4.39 Å². The Kier molecular flexibility index (Phi) is 5.93. The van der Waals surface area contributed by atoms with Crippen LogP contribution in [-0.2, 0) is 4.74 Å². The molecule has 1 aromatic heterocycles. The minimum atomic E-state index is -0.448. The first-order chi connectivity index (χ1) is 15.9. The Hall–Kier alpha value is -2.77. The molecule has 3 atom stereocenters. The molecule has 0 amide bonds. The standard InChI is InChI=1S/C25H28ClFN4O2/c1-16-12-31(15-28-16)19-5-4-18-13-29(8-9-30(18)14-19)17(2)23-6-7-24(33-23)20-10-22(27)21(26)11-25(20)32-3/h4-5,10-15,17,23-24H,6-9H2,1-3H3/t17-,23-,24+/m0/s1. The number of hydrogen-bond acceptors (Lipinski definition) is 5. The van der Waals surface area contributed by atoms with Gasteiger partial charge in [0.2, 0.25) is 0 Å². The molecule has 4 heterocycles. The van der Waals surface area contributed by atoms with Gasteiger partial charge in [-0.1, -0.05) is 11.6 Å². The van der Waals surface area contributed by atoms with Crippen LogP contribution in [0.5, 0.6) is 5.75 Å². The highest BCUT2D eigenvalue weighted by molar-refractivity contribution is 6.30. The number of rotatable bonds is 5. The maximum absolute atomic E-state index is 14.1. The van der Waals surface area contributed by atoms with Crippen molar-refractivity contribution in [1.29, 1.82) is 0 Å². The lowest BCUT2D eigenvalue weighted by molar-refractivity contribution is -0.00112. The number of aryl methyl sites for hydroxylation is 1. The Bertz CT molecular complexity index is 1140. The summed E-state index contributed by atoms with van der Waals surface area (Å²) in [6, 6.07) is 3.17. The first-order valence-electron chi connectivity index (χ1n) is 11.3. The van der Waals surface area contributed by atoms with E-state index in [4.69, 9.17) is 21.1 Å². The molecule has 6 nitrogen and oxygen atoms in total. The van der Waals surface area contributed by atoms with Crippen LogP contribution in [0.1, 0.15) is 37.1 Å². The molecule has 1 aromatic carbocycles. The highest BCUT2D eigenvalue weighted by Gasteiger charge is 2.35. The van der Waals surface area contributed by atoms with Crippen molar-refractivity contribution in [1.82, 2.24) is 19.4 Å². The lowest BCUT2D eigenvalue weighted by atomic mass is 10.0. The number of hydrogen-bond donors (Lipinski definition) is 0. The Morgan fingerprint density at radius 3 is 2.76 bits per heavy atom. The van der Waals surface area contributed by atoms with Gasteiger partial charge >= 0.3 is 0 Å². The van der Waals surface area contributed by atoms with E-state index in [0.29, 0.717) is 5.75 Å². The van der Waals surface area contributed by atoms with Crippen molar-refractivity contribution in [2.75, 3.05) is 20.2 Å². The van der Waals surface area contributed by atoms with Crippen molar-refractivity contribution in [2.24, 2.45) is 0 Å². The second kappa shape index (κ2) is 8.88. The van der Waals surface area contributed by atoms with Crippen LogP contribution in [0.3, 0.4) is 0 Å². The summed E-state index contributed by atoms with van der Waals surface area (Å²) in [5.74, 6) is 0.120. The maximum Gasteiger partial charge on any atom is 0.142 e. The van der Waals surface area contributed by atoms with E-state index >= 15 is 0 Å². The normalized spacial score (nSPS) is 23.3. The minimum Gasteiger partial charge on any atom is -0.496 e. The number of aromatic nitrogens is 2. The van der Waals surface area contributed by atoms with Crippen LogP contribution in [0.4, 0.5) is 4.39 Å². The zero-order valence-electron chi connectivity index (χ0n) is 19.0. The molecule has 0 bridgehead atoms. The predicted molar refractivity (Wildman–Crippen MR) is 126 cm³/mol. The van der Waals surface area contributed by atoms with Crippen LogP contribution in [0.25, 0.3) is 5.70 Å². The molecule has 0 N–H and O–H groups in total. The van der Waals surface area contributed by atoms with Crippen molar-refractivity contribution < 1.29 is 13.9 Å². The minimum absolute atomic E-state index is 0.0504. The van der Waals surface area contributed by atoms with Gasteiger partial charge in [-0.15, -0.1) is 0 Å². The van der Waals surface area contributed by atoms with Crippen molar-refractivity contribution in [3.63, 3.8) is 0 Å². The third-order valence-electron chi connectivity index (χ3n) is 6.68. The maximum atomic E-state index is 14.1. The summed E-state index contributed by atoms with van der Waals surface area (Å²) < 4.78 is 28.0. The van der Waals surface area contributed by atoms with Gasteiger partial charge in [0.25, 0.3) is 0 Å². The highest BCUT2D eigenvalue weighted by atomic mass is 35.5. The van der Waals surface area contributed by atoms with Gasteiger partial charge < -0.3 is 23.8 Å². The smallest absolute Gasteiger partial charge is 0.142 e. The first-order valence-corrected chi connectivity index (χ1v) is 11.6. The fourth-order valence-electron chi connectivity index (χ4n) is 4.78. The summed E-state index contributed by atoms with van der Waals surface area (Å²) in [6.45, 7) is 5.98. The summed E-state index contributed by atoms with van der Waals surface area (Å²) in [7, 11) is 1.57. The van der Waals surface area contributed by atoms with Gasteiger partial charge in [-0.2, -0.15) is 0 Å². The van der Waals surface area contributed by atoms with E-state index in [-0.39, 0.29) is 23.3 Å². The first kappa shape index (κ1) is 22.0. The number of fused-ring (bicyclic) bond motifs is 1. The van der Waals surface area contributed by atoms with Crippen molar-refractivity contribution in [3.8, 4) is 5.75 Å². The number of ether oxygens (including phenoxy) is 2. The molecule has 1 saturated heterocycles. The molecule has 8 heteroatoms. The molecular formula is C25H28ClFN4O2. The molecule has 33 heavy (non-hydrogen) atoms. The number of halogens is 2. The van der Waals surface area contributed by atoms with Crippen LogP contribution < -0.4 is 4.74 Å². The summed E-state index contributed by atoms with van der Waals surface area (Å²) in [6.07, 6.45) is 14.1. The molecule has 5 rings (SSSR count). The van der Waals surface area contributed by atoms with Gasteiger partial charge in [-0.05, 0) is 44.9 Å². The molecule has 0 saturated carbocycles. The fraction of sp³-hybridized carbons (Fsp3) is 0.400. The lowest BCUT2D eigenvalue weighted by Gasteiger charge is -2.40. The Morgan fingerprint density at radius 2 is 2.00 bits per heavy atom. The van der Waals surface area contributed by atoms with Gasteiger partial charge in [0.15, 0.2) is 0 Å². The molecule has 1 fully saturated rings. The van der Waals surface area contributed by atoms with Crippen LogP contribution in [0, 0.1) is 12.7 Å². The molecule has 0 aliphatic carbocycles. The molecule has 0 spiro atoms. The van der Waals surface area contributed by atoms with E-state index in [1.165, 1.54) is 12.1 Å². The molecule has 0 radical (unpaired) electrons. The summed E-state index contributed by atoms with van der Waals surface area (Å²) in [4.78, 5) is 8.94. The van der Waals surface area contributed by atoms with Crippen LogP contribution in [0.15, 0.2) is 54.9 Å². The van der Waals surface area contributed by atoms with Gasteiger partial charge in [0, 0.05) is 43.3 Å². The summed E-state index contributed by atoms with van der Waals surface area (Å²) >= 11 is 5.93. The Balaban J connectivity index is 1.27. The molecular weight excluding hydrogens is 443 g/mol. The third kappa shape index (κ3) is 4.27. The van der Waals surface area contributed by atoms with E-state index in [2.05, 4.69) is 46.3 Å². The van der Waals surface area contributed by atoms with Crippen LogP contribution in [0.2, 0.25) is 5.02 Å². The highest BCUT2D eigenvalue weighted by Crippen LogP contribution is 2.41. The monoisotopic (exact) mass is 470 g/mol. The second-order valence-corrected chi connectivity index (χ2v) is 9.19. The fourth-order valence-corrected chi connectivity index (χ4v) is 4.93. The van der Waals surface area contributed by atoms with E-state index in [1.54, 1.807) is 7.11 Å². The summed E-state index contributed by atoms with van der Waals surface area (Å²) in [5, 5.41) is 0.0592. The Labute approximate surface area is 198 Å². The lowest BCUT2D eigenvalue weighted by Crippen LogP contribution is -2.45. The van der Waals surface area contributed by atoms with Gasteiger partial charge in [0.05, 0.1) is 53.8 Å². The molecule has 174 valence electrons. The van der Waals surface area contributed by atoms with Crippen molar-refractivity contribution in [2.45, 2.75) is 44.9 Å². The number of imidazole rings is 1. The van der Waals surface area contributed by atoms with Crippen molar-refractivity contribution >= 4 is 17.3 Å². The second-order valence-electron chi connectivity index (χ2n) is 8.78. The topological polar surface area (TPSA) is 42.8 Å². The molecule has 3 aliphatic heterocycles. The molecule has 3 aliphatic rings. The average molecular weight is 471 g/mol. The van der Waals surface area contributed by atoms with E-state index < -0.39 is 5.82 Å². The van der Waals surface area contributed by atoms with Crippen LogP contribution in [-0.4, -0.2) is 51.7 Å². The number of methoxy groups -OCH3 is 1. The van der Waals surface area contributed by atoms with Gasteiger partial charge in [0.1, 0.15) is 11.6 Å². The largest absolute Gasteiger partial charge is 0.496 e. The van der Waals surface area contributed by atoms with Gasteiger partial charge in [-0.3, -0.25) is 0 Å². The van der Waals surface area contributed by atoms with Crippen LogP contribution >= 0.6 is 11.6 Å². The van der Waals surface area contributed by atoms with E-state index in [0.717, 1.165) is 48.6 Å². The quantitative estimate of drug-likeness (QED) is 0.606. The molecule has 2 aromatic rings. The van der Waals surface area contributed by atoms with Gasteiger partial charge in [-0.25, -0.2) is 9.37 Å². The Morgan fingerprint density at radius 1 is 1.18 bits per heavy atom. The van der Waals surface area contributed by atoms with Crippen molar-refractivity contribution in [3.05, 3.63) is 77.0 Å². The SMILES string of the molecule is COc1cc(Cl)c(F)cc1[C@H]1CC[C@@H]([C@H](C)N2C=C3C=CC(n4cnc(C)c4)=CN3CC2)O1.